The van der Waals surface area contributed by atoms with Crippen molar-refractivity contribution >= 4 is 23.6 Å². The van der Waals surface area contributed by atoms with E-state index in [9.17, 15) is 19.2 Å². The molecule has 0 bridgehead atoms. The van der Waals surface area contributed by atoms with E-state index in [1.54, 1.807) is 0 Å². The van der Waals surface area contributed by atoms with Crippen molar-refractivity contribution in [2.24, 2.45) is 0 Å². The zero-order valence-corrected chi connectivity index (χ0v) is 8.51. The summed E-state index contributed by atoms with van der Waals surface area (Å²) in [7, 11) is 0. The predicted octanol–water partition coefficient (Wildman–Crippen LogP) is -0.918. The largest absolute Gasteiger partial charge is 0.319 e. The molecule has 6 heteroatoms. The van der Waals surface area contributed by atoms with Gasteiger partial charge in [0.25, 0.3) is 0 Å². The molecule has 0 atom stereocenters. The molecule has 1 aliphatic heterocycles. The van der Waals surface area contributed by atoms with E-state index < -0.39 is 23.6 Å². The molecule has 84 valence electrons. The minimum atomic E-state index is -1.02. The van der Waals surface area contributed by atoms with Crippen molar-refractivity contribution in [3.8, 4) is 0 Å². The fraction of sp³-hybridized carbons (Fsp3) is 0.200. The van der Waals surface area contributed by atoms with Crippen molar-refractivity contribution < 1.29 is 19.2 Å². The number of carbonyl (C=O) groups is 4. The number of rotatable bonds is 4. The Kier molecular flexibility index (Phi) is 3.34. The van der Waals surface area contributed by atoms with Gasteiger partial charge in [-0.3, -0.25) is 29.0 Å². The summed E-state index contributed by atoms with van der Waals surface area (Å²) in [6.07, 6.45) is 2.53. The third-order valence-corrected chi connectivity index (χ3v) is 1.97. The fourth-order valence-electron chi connectivity index (χ4n) is 1.24. The van der Waals surface area contributed by atoms with Gasteiger partial charge in [-0.15, -0.1) is 13.2 Å². The summed E-state index contributed by atoms with van der Waals surface area (Å²) in [5.41, 5.74) is 0. The summed E-state index contributed by atoms with van der Waals surface area (Å²) < 4.78 is 0. The first-order chi connectivity index (χ1) is 7.54. The molecule has 0 aromatic carbocycles. The van der Waals surface area contributed by atoms with Crippen LogP contribution in [-0.4, -0.2) is 46.5 Å². The highest BCUT2D eigenvalue weighted by molar-refractivity contribution is 6.54. The van der Waals surface area contributed by atoms with Crippen LogP contribution < -0.4 is 0 Å². The molecule has 0 unspecified atom stereocenters. The van der Waals surface area contributed by atoms with Gasteiger partial charge in [0.15, 0.2) is 0 Å². The Hall–Kier alpha value is -2.24. The van der Waals surface area contributed by atoms with Crippen molar-refractivity contribution in [1.29, 1.82) is 0 Å². The molecule has 1 aliphatic rings. The van der Waals surface area contributed by atoms with Crippen LogP contribution in [0, 0.1) is 0 Å². The third-order valence-electron chi connectivity index (χ3n) is 1.97. The molecule has 0 saturated carbocycles. The Morgan fingerprint density at radius 1 is 0.750 bits per heavy atom. The summed E-state index contributed by atoms with van der Waals surface area (Å²) in [6, 6.07) is 0. The van der Waals surface area contributed by atoms with Crippen LogP contribution in [0.15, 0.2) is 25.3 Å². The van der Waals surface area contributed by atoms with Crippen molar-refractivity contribution in [3.63, 3.8) is 0 Å². The average molecular weight is 222 g/mol. The average Bonchev–Trinajstić information content (AvgIpc) is 2.28. The van der Waals surface area contributed by atoms with Gasteiger partial charge in [-0.05, 0) is 0 Å². The van der Waals surface area contributed by atoms with Gasteiger partial charge in [0.2, 0.25) is 0 Å². The lowest BCUT2D eigenvalue weighted by molar-refractivity contribution is -0.170. The number of amides is 4. The maximum atomic E-state index is 11.4. The van der Waals surface area contributed by atoms with Crippen LogP contribution in [0.25, 0.3) is 0 Å². The van der Waals surface area contributed by atoms with Gasteiger partial charge in [-0.2, -0.15) is 0 Å². The quantitative estimate of drug-likeness (QED) is 0.350. The second-order valence-electron chi connectivity index (χ2n) is 3.02. The lowest BCUT2D eigenvalue weighted by Crippen LogP contribution is -2.60. The normalized spacial score (nSPS) is 16.8. The second-order valence-corrected chi connectivity index (χ2v) is 3.02. The molecule has 6 nitrogen and oxygen atoms in total. The van der Waals surface area contributed by atoms with E-state index in [0.717, 1.165) is 0 Å². The first kappa shape index (κ1) is 11.8. The third kappa shape index (κ3) is 1.77. The molecule has 0 spiro atoms. The van der Waals surface area contributed by atoms with Gasteiger partial charge in [-0.25, -0.2) is 0 Å². The van der Waals surface area contributed by atoms with Crippen LogP contribution in [-0.2, 0) is 19.2 Å². The van der Waals surface area contributed by atoms with E-state index in [-0.39, 0.29) is 13.1 Å². The summed E-state index contributed by atoms with van der Waals surface area (Å²) in [5.74, 6) is -4.09. The highest BCUT2D eigenvalue weighted by atomic mass is 16.2. The molecule has 0 N–H and O–H groups in total. The SMILES string of the molecule is C=CCN1C(=O)C(=O)N(CC=C)C(=O)C1=O. The van der Waals surface area contributed by atoms with Crippen molar-refractivity contribution in [2.75, 3.05) is 13.1 Å². The molecule has 0 aromatic heterocycles. The first-order valence-electron chi connectivity index (χ1n) is 4.48. The van der Waals surface area contributed by atoms with Crippen LogP contribution in [0.4, 0.5) is 0 Å². The molecule has 16 heavy (non-hydrogen) atoms. The molecule has 1 rings (SSSR count). The zero-order valence-electron chi connectivity index (χ0n) is 8.51. The highest BCUT2D eigenvalue weighted by Gasteiger charge is 2.43. The fourth-order valence-corrected chi connectivity index (χ4v) is 1.24. The molecular weight excluding hydrogens is 212 g/mol. The molecule has 0 radical (unpaired) electrons. The Balaban J connectivity index is 3.03. The topological polar surface area (TPSA) is 74.8 Å². The van der Waals surface area contributed by atoms with Crippen LogP contribution >= 0.6 is 0 Å². The Labute approximate surface area is 91.8 Å². The highest BCUT2D eigenvalue weighted by Crippen LogP contribution is 2.08. The molecule has 0 aromatic rings. The number of hydrogen-bond acceptors (Lipinski definition) is 4. The van der Waals surface area contributed by atoms with Gasteiger partial charge in [0.05, 0.1) is 0 Å². The maximum Gasteiger partial charge on any atom is 0.319 e. The smallest absolute Gasteiger partial charge is 0.263 e. The minimum absolute atomic E-state index is 0.156. The van der Waals surface area contributed by atoms with Gasteiger partial charge < -0.3 is 0 Å². The number of carbonyl (C=O) groups excluding carboxylic acids is 4. The first-order valence-corrected chi connectivity index (χ1v) is 4.48. The van der Waals surface area contributed by atoms with Crippen LogP contribution in [0.2, 0.25) is 0 Å². The van der Waals surface area contributed by atoms with E-state index in [1.165, 1.54) is 12.2 Å². The monoisotopic (exact) mass is 222 g/mol. The Morgan fingerprint density at radius 3 is 1.19 bits per heavy atom. The summed E-state index contributed by atoms with van der Waals surface area (Å²) in [5, 5.41) is 0. The van der Waals surface area contributed by atoms with Gasteiger partial charge >= 0.3 is 23.6 Å². The van der Waals surface area contributed by atoms with Crippen molar-refractivity contribution in [3.05, 3.63) is 25.3 Å². The minimum Gasteiger partial charge on any atom is -0.263 e. The number of nitrogens with zero attached hydrogens (tertiary/aromatic N) is 2. The number of piperazine rings is 1. The number of imide groups is 2. The van der Waals surface area contributed by atoms with Crippen LogP contribution in [0.3, 0.4) is 0 Å². The summed E-state index contributed by atoms with van der Waals surface area (Å²) in [6.45, 7) is 6.35. The lowest BCUT2D eigenvalue weighted by atomic mass is 10.2. The van der Waals surface area contributed by atoms with Gasteiger partial charge in [0.1, 0.15) is 0 Å². The number of hydrogen-bond donors (Lipinski definition) is 0. The van der Waals surface area contributed by atoms with Gasteiger partial charge in [0, 0.05) is 13.1 Å². The van der Waals surface area contributed by atoms with E-state index in [0.29, 0.717) is 9.80 Å². The van der Waals surface area contributed by atoms with Crippen LogP contribution in [0.1, 0.15) is 0 Å². The summed E-state index contributed by atoms with van der Waals surface area (Å²) >= 11 is 0. The van der Waals surface area contributed by atoms with Crippen molar-refractivity contribution in [1.82, 2.24) is 9.80 Å². The molecular formula is C10H10N2O4. The Bertz CT molecular complexity index is 334. The standard InChI is InChI=1S/C10H10N2O4/c1-3-5-11-7(13)9(15)12(6-4-2)10(16)8(11)14/h3-4H,1-2,5-6H2. The molecule has 1 fully saturated rings. The predicted molar refractivity (Wildman–Crippen MR) is 53.8 cm³/mol. The summed E-state index contributed by atoms with van der Waals surface area (Å²) in [4.78, 5) is 46.9. The van der Waals surface area contributed by atoms with E-state index in [4.69, 9.17) is 0 Å². The second kappa shape index (κ2) is 4.52. The van der Waals surface area contributed by atoms with Crippen LogP contribution in [0.5, 0.6) is 0 Å². The lowest BCUT2D eigenvalue weighted by Gasteiger charge is -2.28. The van der Waals surface area contributed by atoms with E-state index in [2.05, 4.69) is 13.2 Å². The maximum absolute atomic E-state index is 11.4. The molecule has 0 aliphatic carbocycles. The molecule has 1 saturated heterocycles. The molecule has 1 heterocycles. The van der Waals surface area contributed by atoms with Gasteiger partial charge in [-0.1, -0.05) is 12.2 Å². The van der Waals surface area contributed by atoms with E-state index >= 15 is 0 Å². The molecule has 4 amide bonds. The Morgan fingerprint density at radius 2 is 1.00 bits per heavy atom. The van der Waals surface area contributed by atoms with E-state index in [1.807, 2.05) is 0 Å². The van der Waals surface area contributed by atoms with Crippen molar-refractivity contribution in [2.45, 2.75) is 0 Å². The zero-order chi connectivity index (χ0) is 12.3.